The average molecular weight is 369 g/mol. The molecule has 1 aromatic heterocycles. The third kappa shape index (κ3) is 4.74. The molecule has 7 heteroatoms. The molecule has 0 radical (unpaired) electrons. The van der Waals surface area contributed by atoms with Crippen molar-refractivity contribution in [3.63, 3.8) is 0 Å². The van der Waals surface area contributed by atoms with Gasteiger partial charge in [-0.15, -0.1) is 0 Å². The summed E-state index contributed by atoms with van der Waals surface area (Å²) in [4.78, 5) is 25.6. The number of carbonyl (C=O) groups excluding carboxylic acids is 1. The van der Waals surface area contributed by atoms with Gasteiger partial charge in [0, 0.05) is 43.1 Å². The van der Waals surface area contributed by atoms with Crippen LogP contribution < -0.4 is 15.0 Å². The molecule has 0 atom stereocenters. The van der Waals surface area contributed by atoms with Crippen molar-refractivity contribution in [1.29, 1.82) is 0 Å². The standard InChI is InChI=1S/C20H27N5O2/c1-4-18-15(2)21-14-22-20(18)25-11-9-24(10-12-25)13-19(26)23-16-5-7-17(27-3)8-6-16/h5-8,14H,4,9-13H2,1-3H3,(H,23,26). The molecule has 0 bridgehead atoms. The summed E-state index contributed by atoms with van der Waals surface area (Å²) >= 11 is 0. The zero-order chi connectivity index (χ0) is 19.2. The summed E-state index contributed by atoms with van der Waals surface area (Å²) in [5.41, 5.74) is 3.04. The summed E-state index contributed by atoms with van der Waals surface area (Å²) in [5.74, 6) is 1.81. The molecule has 0 saturated carbocycles. The van der Waals surface area contributed by atoms with E-state index in [2.05, 4.69) is 32.0 Å². The van der Waals surface area contributed by atoms with Crippen molar-refractivity contribution in [2.45, 2.75) is 20.3 Å². The van der Waals surface area contributed by atoms with Gasteiger partial charge >= 0.3 is 0 Å². The average Bonchev–Trinajstić information content (AvgIpc) is 2.69. The number of amides is 1. The molecule has 2 heterocycles. The number of anilines is 2. The Morgan fingerprint density at radius 1 is 1.15 bits per heavy atom. The molecule has 7 nitrogen and oxygen atoms in total. The smallest absolute Gasteiger partial charge is 0.238 e. The molecular weight excluding hydrogens is 342 g/mol. The molecule has 1 N–H and O–H groups in total. The van der Waals surface area contributed by atoms with E-state index < -0.39 is 0 Å². The van der Waals surface area contributed by atoms with Crippen molar-refractivity contribution in [2.75, 3.05) is 50.1 Å². The highest BCUT2D eigenvalue weighted by molar-refractivity contribution is 5.92. The monoisotopic (exact) mass is 369 g/mol. The minimum atomic E-state index is 0.000689. The van der Waals surface area contributed by atoms with Gasteiger partial charge in [-0.25, -0.2) is 9.97 Å². The fourth-order valence-electron chi connectivity index (χ4n) is 3.37. The van der Waals surface area contributed by atoms with Crippen molar-refractivity contribution in [3.05, 3.63) is 41.9 Å². The van der Waals surface area contributed by atoms with E-state index in [1.165, 1.54) is 5.56 Å². The van der Waals surface area contributed by atoms with Crippen molar-refractivity contribution < 1.29 is 9.53 Å². The second kappa shape index (κ2) is 8.81. The van der Waals surface area contributed by atoms with Crippen molar-refractivity contribution in [1.82, 2.24) is 14.9 Å². The van der Waals surface area contributed by atoms with Crippen LogP contribution in [0.1, 0.15) is 18.2 Å². The lowest BCUT2D eigenvalue weighted by molar-refractivity contribution is -0.117. The third-order valence-electron chi connectivity index (χ3n) is 4.90. The van der Waals surface area contributed by atoms with Crippen LogP contribution in [0.15, 0.2) is 30.6 Å². The summed E-state index contributed by atoms with van der Waals surface area (Å²) in [6.07, 6.45) is 2.56. The molecule has 1 aromatic carbocycles. The topological polar surface area (TPSA) is 70.6 Å². The van der Waals surface area contributed by atoms with Gasteiger partial charge in [0.05, 0.1) is 13.7 Å². The number of rotatable bonds is 6. The van der Waals surface area contributed by atoms with Crippen LogP contribution in [0.3, 0.4) is 0 Å². The van der Waals surface area contributed by atoms with Crippen molar-refractivity contribution in [2.24, 2.45) is 0 Å². The fourth-order valence-corrected chi connectivity index (χ4v) is 3.37. The number of methoxy groups -OCH3 is 1. The largest absolute Gasteiger partial charge is 0.497 e. The van der Waals surface area contributed by atoms with Gasteiger partial charge in [0.2, 0.25) is 5.91 Å². The van der Waals surface area contributed by atoms with Gasteiger partial charge in [-0.3, -0.25) is 9.69 Å². The molecule has 2 aromatic rings. The van der Waals surface area contributed by atoms with Crippen LogP contribution in [0.2, 0.25) is 0 Å². The van der Waals surface area contributed by atoms with Gasteiger partial charge in [0.25, 0.3) is 0 Å². The van der Waals surface area contributed by atoms with Crippen LogP contribution in [-0.2, 0) is 11.2 Å². The Hall–Kier alpha value is -2.67. The highest BCUT2D eigenvalue weighted by Crippen LogP contribution is 2.21. The van der Waals surface area contributed by atoms with Gasteiger partial charge < -0.3 is 15.0 Å². The number of aryl methyl sites for hydroxylation is 1. The SMILES string of the molecule is CCc1c(C)ncnc1N1CCN(CC(=O)Nc2ccc(OC)cc2)CC1. The van der Waals surface area contributed by atoms with E-state index in [1.807, 2.05) is 31.2 Å². The summed E-state index contributed by atoms with van der Waals surface area (Å²) in [7, 11) is 1.62. The summed E-state index contributed by atoms with van der Waals surface area (Å²) < 4.78 is 5.13. The lowest BCUT2D eigenvalue weighted by atomic mass is 10.1. The number of ether oxygens (including phenoxy) is 1. The Morgan fingerprint density at radius 3 is 2.48 bits per heavy atom. The predicted molar refractivity (Wildman–Crippen MR) is 106 cm³/mol. The zero-order valence-corrected chi connectivity index (χ0v) is 16.2. The lowest BCUT2D eigenvalue weighted by Crippen LogP contribution is -2.49. The van der Waals surface area contributed by atoms with Crippen LogP contribution >= 0.6 is 0 Å². The van der Waals surface area contributed by atoms with Gasteiger partial charge in [-0.1, -0.05) is 6.92 Å². The molecule has 1 aliphatic rings. The molecule has 144 valence electrons. The van der Waals surface area contributed by atoms with Gasteiger partial charge in [0.15, 0.2) is 0 Å². The summed E-state index contributed by atoms with van der Waals surface area (Å²) in [5, 5.41) is 2.94. The van der Waals surface area contributed by atoms with Crippen molar-refractivity contribution >= 4 is 17.4 Å². The lowest BCUT2D eigenvalue weighted by Gasteiger charge is -2.35. The summed E-state index contributed by atoms with van der Waals surface area (Å²) in [6, 6.07) is 7.36. The third-order valence-corrected chi connectivity index (χ3v) is 4.90. The number of hydrogen-bond donors (Lipinski definition) is 1. The van der Waals surface area contributed by atoms with E-state index in [0.717, 1.165) is 55.5 Å². The molecule has 0 unspecified atom stereocenters. The number of nitrogens with zero attached hydrogens (tertiary/aromatic N) is 4. The number of nitrogens with one attached hydrogen (secondary N) is 1. The highest BCUT2D eigenvalue weighted by atomic mass is 16.5. The van der Waals surface area contributed by atoms with E-state index in [4.69, 9.17) is 4.74 Å². The number of carbonyl (C=O) groups is 1. The van der Waals surface area contributed by atoms with E-state index in [9.17, 15) is 4.79 Å². The molecule has 1 aliphatic heterocycles. The molecule has 1 fully saturated rings. The van der Waals surface area contributed by atoms with E-state index >= 15 is 0 Å². The number of piperazine rings is 1. The predicted octanol–water partition coefficient (Wildman–Crippen LogP) is 2.12. The Bertz CT molecular complexity index is 770. The van der Waals surface area contributed by atoms with Crippen LogP contribution in [0, 0.1) is 6.92 Å². The maximum Gasteiger partial charge on any atom is 0.238 e. The van der Waals surface area contributed by atoms with E-state index in [-0.39, 0.29) is 5.91 Å². The Kier molecular flexibility index (Phi) is 6.24. The van der Waals surface area contributed by atoms with Gasteiger partial charge in [-0.2, -0.15) is 0 Å². The molecule has 0 spiro atoms. The normalized spacial score (nSPS) is 14.9. The highest BCUT2D eigenvalue weighted by Gasteiger charge is 2.22. The quantitative estimate of drug-likeness (QED) is 0.841. The van der Waals surface area contributed by atoms with Crippen LogP contribution in [0.4, 0.5) is 11.5 Å². The van der Waals surface area contributed by atoms with Crippen LogP contribution in [0.25, 0.3) is 0 Å². The zero-order valence-electron chi connectivity index (χ0n) is 16.2. The molecular formula is C20H27N5O2. The molecule has 1 amide bonds. The minimum absolute atomic E-state index is 0.000689. The first-order valence-corrected chi connectivity index (χ1v) is 9.32. The second-order valence-corrected chi connectivity index (χ2v) is 6.65. The van der Waals surface area contributed by atoms with Crippen LogP contribution in [0.5, 0.6) is 5.75 Å². The van der Waals surface area contributed by atoms with Crippen molar-refractivity contribution in [3.8, 4) is 5.75 Å². The van der Waals surface area contributed by atoms with Gasteiger partial charge in [-0.05, 0) is 37.6 Å². The second-order valence-electron chi connectivity index (χ2n) is 6.65. The number of benzene rings is 1. The maximum atomic E-state index is 12.3. The maximum absolute atomic E-state index is 12.3. The number of aromatic nitrogens is 2. The summed E-state index contributed by atoms with van der Waals surface area (Å²) in [6.45, 7) is 7.95. The molecule has 1 saturated heterocycles. The fraction of sp³-hybridized carbons (Fsp3) is 0.450. The Morgan fingerprint density at radius 2 is 1.85 bits per heavy atom. The van der Waals surface area contributed by atoms with E-state index in [0.29, 0.717) is 6.54 Å². The molecule has 3 rings (SSSR count). The Labute approximate surface area is 160 Å². The first kappa shape index (κ1) is 19.1. The number of hydrogen-bond acceptors (Lipinski definition) is 6. The molecule has 27 heavy (non-hydrogen) atoms. The van der Waals surface area contributed by atoms with Crippen LogP contribution in [-0.4, -0.2) is 60.6 Å². The van der Waals surface area contributed by atoms with Gasteiger partial charge in [0.1, 0.15) is 17.9 Å². The minimum Gasteiger partial charge on any atom is -0.497 e. The molecule has 0 aliphatic carbocycles. The Balaban J connectivity index is 1.52. The first-order chi connectivity index (χ1) is 13.1. The first-order valence-electron chi connectivity index (χ1n) is 9.32. The van der Waals surface area contributed by atoms with E-state index in [1.54, 1.807) is 13.4 Å².